The van der Waals surface area contributed by atoms with Crippen LogP contribution < -0.4 is 5.32 Å². The molecule has 1 N–H and O–H groups in total. The third-order valence-electron chi connectivity index (χ3n) is 3.38. The van der Waals surface area contributed by atoms with Crippen molar-refractivity contribution in [3.63, 3.8) is 0 Å². The molecule has 1 aromatic carbocycles. The van der Waals surface area contributed by atoms with Crippen LogP contribution in [0.1, 0.15) is 20.8 Å². The highest BCUT2D eigenvalue weighted by Gasteiger charge is 2.35. The maximum atomic E-state index is 12.8. The molecule has 1 amide bonds. The molecule has 1 aromatic rings. The lowest BCUT2D eigenvalue weighted by Crippen LogP contribution is -2.51. The Morgan fingerprint density at radius 2 is 1.90 bits per heavy atom. The zero-order chi connectivity index (χ0) is 14.6. The molecule has 0 spiro atoms. The molecule has 3 nitrogen and oxygen atoms in total. The average Bonchev–Trinajstić information content (AvgIpc) is 2.45. The van der Waals surface area contributed by atoms with Crippen LogP contribution in [0.3, 0.4) is 0 Å². The van der Waals surface area contributed by atoms with E-state index in [2.05, 4.69) is 32.2 Å². The number of hydrogen-bond donors (Lipinski definition) is 1. The van der Waals surface area contributed by atoms with E-state index in [0.717, 1.165) is 31.1 Å². The van der Waals surface area contributed by atoms with Crippen LogP contribution in [0.25, 0.3) is 0 Å². The van der Waals surface area contributed by atoms with Gasteiger partial charge in [-0.2, -0.15) is 0 Å². The van der Waals surface area contributed by atoms with Gasteiger partial charge in [0.1, 0.15) is 0 Å². The van der Waals surface area contributed by atoms with E-state index in [-0.39, 0.29) is 16.6 Å². The van der Waals surface area contributed by atoms with Crippen molar-refractivity contribution in [1.29, 1.82) is 0 Å². The molecule has 109 valence electrons. The molecular weight excluding hydrogens is 268 g/mol. The first-order valence-electron chi connectivity index (χ1n) is 7.11. The molecule has 1 aliphatic heterocycles. The van der Waals surface area contributed by atoms with Crippen LogP contribution in [-0.2, 0) is 4.79 Å². The van der Waals surface area contributed by atoms with Gasteiger partial charge in [0.25, 0.3) is 0 Å². The third kappa shape index (κ3) is 4.00. The number of thioether (sulfide) groups is 1. The van der Waals surface area contributed by atoms with Crippen LogP contribution >= 0.6 is 11.8 Å². The van der Waals surface area contributed by atoms with E-state index in [1.165, 1.54) is 0 Å². The van der Waals surface area contributed by atoms with Gasteiger partial charge in [-0.3, -0.25) is 4.79 Å². The Kier molecular flexibility index (Phi) is 5.11. The molecule has 0 saturated carbocycles. The number of carbonyl (C=O) groups excluding carboxylic acids is 1. The third-order valence-corrected chi connectivity index (χ3v) is 5.07. The number of benzene rings is 1. The Morgan fingerprint density at radius 3 is 2.45 bits per heavy atom. The second-order valence-corrected chi connectivity index (χ2v) is 7.35. The summed E-state index contributed by atoms with van der Waals surface area (Å²) in [5.41, 5.74) is -0.0633. The fourth-order valence-electron chi connectivity index (χ4n) is 2.23. The zero-order valence-electron chi connectivity index (χ0n) is 12.5. The van der Waals surface area contributed by atoms with Gasteiger partial charge in [-0.25, -0.2) is 0 Å². The normalized spacial score (nSPS) is 17.9. The molecule has 1 fully saturated rings. The first-order valence-corrected chi connectivity index (χ1v) is 7.99. The summed E-state index contributed by atoms with van der Waals surface area (Å²) in [6, 6.07) is 10.9. The second-order valence-electron chi connectivity index (χ2n) is 6.17. The van der Waals surface area contributed by atoms with Crippen LogP contribution in [-0.4, -0.2) is 42.2 Å². The van der Waals surface area contributed by atoms with Crippen molar-refractivity contribution in [3.8, 4) is 0 Å². The summed E-state index contributed by atoms with van der Waals surface area (Å²) in [6.07, 6.45) is 0. The van der Waals surface area contributed by atoms with Crippen LogP contribution in [0.4, 0.5) is 0 Å². The lowest BCUT2D eigenvalue weighted by atomic mass is 9.90. The Hall–Kier alpha value is -1.00. The minimum atomic E-state index is -0.0633. The van der Waals surface area contributed by atoms with Crippen molar-refractivity contribution in [2.24, 2.45) is 5.41 Å². The first kappa shape index (κ1) is 15.4. The number of piperazine rings is 1. The van der Waals surface area contributed by atoms with Crippen molar-refractivity contribution >= 4 is 17.7 Å². The number of hydrogen-bond acceptors (Lipinski definition) is 3. The largest absolute Gasteiger partial charge is 0.339 e. The topological polar surface area (TPSA) is 32.3 Å². The van der Waals surface area contributed by atoms with Gasteiger partial charge in [0.05, 0.1) is 5.25 Å². The van der Waals surface area contributed by atoms with Crippen molar-refractivity contribution in [2.45, 2.75) is 30.9 Å². The van der Waals surface area contributed by atoms with Gasteiger partial charge >= 0.3 is 0 Å². The fourth-order valence-corrected chi connectivity index (χ4v) is 3.40. The van der Waals surface area contributed by atoms with Crippen LogP contribution in [0.2, 0.25) is 0 Å². The van der Waals surface area contributed by atoms with Crippen molar-refractivity contribution in [2.75, 3.05) is 26.2 Å². The highest BCUT2D eigenvalue weighted by Crippen LogP contribution is 2.36. The lowest BCUT2D eigenvalue weighted by Gasteiger charge is -2.36. The highest BCUT2D eigenvalue weighted by atomic mass is 32.2. The molecule has 1 saturated heterocycles. The number of nitrogens with one attached hydrogen (secondary N) is 1. The van der Waals surface area contributed by atoms with Gasteiger partial charge in [-0.05, 0) is 23.6 Å². The lowest BCUT2D eigenvalue weighted by molar-refractivity contribution is -0.132. The van der Waals surface area contributed by atoms with E-state index in [4.69, 9.17) is 0 Å². The van der Waals surface area contributed by atoms with E-state index in [0.29, 0.717) is 0 Å². The van der Waals surface area contributed by atoms with Crippen LogP contribution in [0.15, 0.2) is 29.2 Å². The molecule has 4 heteroatoms. The van der Waals surface area contributed by atoms with Crippen molar-refractivity contribution in [3.05, 3.63) is 30.3 Å². The first-order chi connectivity index (χ1) is 9.48. The number of nitrogens with zero attached hydrogens (tertiary/aromatic N) is 1. The SMILES string of the molecule is CC(C)(C)C(Sc1cc[c]cc1)C(=O)N1CCNCC1. The van der Waals surface area contributed by atoms with Gasteiger partial charge in [-0.15, -0.1) is 11.8 Å². The zero-order valence-corrected chi connectivity index (χ0v) is 13.3. The summed E-state index contributed by atoms with van der Waals surface area (Å²) in [7, 11) is 0. The molecule has 1 heterocycles. The number of carbonyl (C=O) groups is 1. The number of rotatable bonds is 3. The summed E-state index contributed by atoms with van der Waals surface area (Å²) in [5, 5.41) is 3.24. The van der Waals surface area contributed by atoms with Gasteiger partial charge in [0.15, 0.2) is 0 Å². The minimum Gasteiger partial charge on any atom is -0.339 e. The molecule has 20 heavy (non-hydrogen) atoms. The smallest absolute Gasteiger partial charge is 0.236 e. The summed E-state index contributed by atoms with van der Waals surface area (Å²) in [6.45, 7) is 9.84. The molecule has 1 unspecified atom stereocenters. The maximum absolute atomic E-state index is 12.8. The standard InChI is InChI=1S/C16H23N2OS/c1-16(2,3)14(20-13-7-5-4-6-8-13)15(19)18-11-9-17-10-12-18/h5-8,14,17H,9-12H2,1-3H3. The van der Waals surface area contributed by atoms with Crippen molar-refractivity contribution < 1.29 is 4.79 Å². The van der Waals surface area contributed by atoms with E-state index in [1.807, 2.05) is 29.2 Å². The molecule has 1 atom stereocenters. The molecule has 0 aromatic heterocycles. The Balaban J connectivity index is 2.13. The van der Waals surface area contributed by atoms with E-state index in [9.17, 15) is 4.79 Å². The van der Waals surface area contributed by atoms with Crippen molar-refractivity contribution in [1.82, 2.24) is 10.2 Å². The van der Waals surface area contributed by atoms with Gasteiger partial charge in [-0.1, -0.05) is 32.9 Å². The quantitative estimate of drug-likeness (QED) is 0.868. The predicted octanol–water partition coefficient (Wildman–Crippen LogP) is 2.43. The summed E-state index contributed by atoms with van der Waals surface area (Å²) >= 11 is 1.67. The number of amides is 1. The highest BCUT2D eigenvalue weighted by molar-refractivity contribution is 8.00. The summed E-state index contributed by atoms with van der Waals surface area (Å²) in [4.78, 5) is 15.9. The Bertz CT molecular complexity index is 436. The fraction of sp³-hybridized carbons (Fsp3) is 0.562. The van der Waals surface area contributed by atoms with E-state index < -0.39 is 0 Å². The van der Waals surface area contributed by atoms with E-state index in [1.54, 1.807) is 11.8 Å². The van der Waals surface area contributed by atoms with Crippen LogP contribution in [0, 0.1) is 11.5 Å². The molecule has 0 aliphatic carbocycles. The predicted molar refractivity (Wildman–Crippen MR) is 83.8 cm³/mol. The molecule has 2 rings (SSSR count). The van der Waals surface area contributed by atoms with Gasteiger partial charge in [0.2, 0.25) is 5.91 Å². The molecule has 0 bridgehead atoms. The summed E-state index contributed by atoms with van der Waals surface area (Å²) in [5.74, 6) is 0.261. The summed E-state index contributed by atoms with van der Waals surface area (Å²) < 4.78 is 0. The van der Waals surface area contributed by atoms with E-state index >= 15 is 0 Å². The molecular formula is C16H23N2OS. The Morgan fingerprint density at radius 1 is 1.30 bits per heavy atom. The second kappa shape index (κ2) is 6.64. The van der Waals surface area contributed by atoms with Gasteiger partial charge < -0.3 is 10.2 Å². The van der Waals surface area contributed by atoms with Gasteiger partial charge in [0, 0.05) is 31.1 Å². The maximum Gasteiger partial charge on any atom is 0.236 e. The average molecular weight is 291 g/mol. The molecule has 1 aliphatic rings. The minimum absolute atomic E-state index is 0.0528. The molecule has 1 radical (unpaired) electrons. The van der Waals surface area contributed by atoms with Crippen LogP contribution in [0.5, 0.6) is 0 Å². The Labute approximate surface area is 126 Å². The monoisotopic (exact) mass is 291 g/mol.